The Morgan fingerprint density at radius 2 is 2.22 bits per heavy atom. The van der Waals surface area contributed by atoms with Gasteiger partial charge in [0.25, 0.3) is 0 Å². The molecule has 2 aliphatic rings. The number of hydrogen-bond acceptors (Lipinski definition) is 4. The third kappa shape index (κ3) is 3.09. The van der Waals surface area contributed by atoms with E-state index in [1.165, 1.54) is 53.4 Å². The highest BCUT2D eigenvalue weighted by atomic mass is 32.2. The van der Waals surface area contributed by atoms with Crippen LogP contribution in [-0.2, 0) is 13.0 Å². The summed E-state index contributed by atoms with van der Waals surface area (Å²) in [4.78, 5) is 6.44. The fraction of sp³-hybridized carbons (Fsp3) is 0.786. The zero-order chi connectivity index (χ0) is 12.4. The van der Waals surface area contributed by atoms with Gasteiger partial charge >= 0.3 is 0 Å². The maximum Gasteiger partial charge on any atom is 0.106 e. The lowest BCUT2D eigenvalue weighted by atomic mass is 10.2. The molecule has 2 heterocycles. The molecule has 1 aliphatic heterocycles. The quantitative estimate of drug-likeness (QED) is 0.856. The first-order valence-corrected chi connectivity index (χ1v) is 9.06. The van der Waals surface area contributed by atoms with Gasteiger partial charge in [-0.3, -0.25) is 0 Å². The zero-order valence-corrected chi connectivity index (χ0v) is 12.7. The second kappa shape index (κ2) is 5.93. The largest absolute Gasteiger partial charge is 0.309 e. The van der Waals surface area contributed by atoms with Gasteiger partial charge in [-0.2, -0.15) is 11.8 Å². The van der Waals surface area contributed by atoms with E-state index in [1.807, 2.05) is 11.3 Å². The first kappa shape index (κ1) is 12.9. The Morgan fingerprint density at radius 3 is 2.89 bits per heavy atom. The number of aryl methyl sites for hydroxylation is 1. The number of nitrogens with one attached hydrogen (secondary N) is 1. The normalized spacial score (nSPS) is 23.7. The third-order valence-electron chi connectivity index (χ3n) is 3.62. The summed E-state index contributed by atoms with van der Waals surface area (Å²) >= 11 is 4.07. The summed E-state index contributed by atoms with van der Waals surface area (Å²) in [5, 5.41) is 5.73. The van der Waals surface area contributed by atoms with Crippen LogP contribution in [0.25, 0.3) is 0 Å². The van der Waals surface area contributed by atoms with Crippen LogP contribution in [-0.4, -0.2) is 16.8 Å². The Kier molecular flexibility index (Phi) is 4.27. The molecule has 2 nitrogen and oxygen atoms in total. The van der Waals surface area contributed by atoms with Gasteiger partial charge in [0.1, 0.15) is 5.01 Å². The summed E-state index contributed by atoms with van der Waals surface area (Å²) < 4.78 is 0. The summed E-state index contributed by atoms with van der Waals surface area (Å²) in [5.41, 5.74) is 1.37. The number of hydrogen-bond donors (Lipinski definition) is 1. The number of thioether (sulfide) groups is 1. The molecule has 3 rings (SSSR count). The van der Waals surface area contributed by atoms with Crippen LogP contribution in [0.4, 0.5) is 0 Å². The second-order valence-electron chi connectivity index (χ2n) is 5.33. The lowest BCUT2D eigenvalue weighted by Crippen LogP contribution is -2.15. The topological polar surface area (TPSA) is 24.9 Å². The minimum atomic E-state index is 0.695. The van der Waals surface area contributed by atoms with E-state index >= 15 is 0 Å². The van der Waals surface area contributed by atoms with Crippen molar-refractivity contribution in [3.05, 3.63) is 15.6 Å². The van der Waals surface area contributed by atoms with Crippen LogP contribution in [0.15, 0.2) is 0 Å². The molecule has 0 amide bonds. The van der Waals surface area contributed by atoms with Crippen LogP contribution >= 0.6 is 23.1 Å². The van der Waals surface area contributed by atoms with Crippen LogP contribution < -0.4 is 5.32 Å². The Labute approximate surface area is 118 Å². The van der Waals surface area contributed by atoms with Crippen molar-refractivity contribution in [2.24, 2.45) is 0 Å². The van der Waals surface area contributed by atoms with Crippen molar-refractivity contribution in [2.45, 2.75) is 63.3 Å². The van der Waals surface area contributed by atoms with Gasteiger partial charge in [-0.1, -0.05) is 13.3 Å². The molecule has 100 valence electrons. The van der Waals surface area contributed by atoms with Crippen molar-refractivity contribution in [3.63, 3.8) is 0 Å². The van der Waals surface area contributed by atoms with Gasteiger partial charge in [-0.05, 0) is 37.9 Å². The van der Waals surface area contributed by atoms with Crippen molar-refractivity contribution in [3.8, 4) is 0 Å². The molecule has 1 saturated carbocycles. The van der Waals surface area contributed by atoms with E-state index < -0.39 is 0 Å². The molecule has 1 N–H and O–H groups in total. The molecule has 1 unspecified atom stereocenters. The average Bonchev–Trinajstić information content (AvgIpc) is 2.90. The monoisotopic (exact) mass is 282 g/mol. The molecular formula is C14H22N2S2. The number of aromatic nitrogens is 1. The van der Waals surface area contributed by atoms with Crippen molar-refractivity contribution in [2.75, 3.05) is 5.75 Å². The predicted molar refractivity (Wildman–Crippen MR) is 80.4 cm³/mol. The highest BCUT2D eigenvalue weighted by Gasteiger charge is 2.24. The van der Waals surface area contributed by atoms with Gasteiger partial charge in [-0.25, -0.2) is 4.98 Å². The molecule has 0 bridgehead atoms. The van der Waals surface area contributed by atoms with Crippen molar-refractivity contribution in [1.29, 1.82) is 0 Å². The molecule has 1 aromatic heterocycles. The maximum absolute atomic E-state index is 4.94. The molecule has 18 heavy (non-hydrogen) atoms. The average molecular weight is 282 g/mol. The van der Waals surface area contributed by atoms with E-state index in [0.29, 0.717) is 5.25 Å². The van der Waals surface area contributed by atoms with E-state index in [0.717, 1.165) is 19.0 Å². The van der Waals surface area contributed by atoms with Crippen LogP contribution in [0, 0.1) is 0 Å². The van der Waals surface area contributed by atoms with Gasteiger partial charge in [-0.15, -0.1) is 11.3 Å². The lowest BCUT2D eigenvalue weighted by Gasteiger charge is -2.02. The van der Waals surface area contributed by atoms with Crippen molar-refractivity contribution >= 4 is 23.1 Å². The molecule has 0 aromatic carbocycles. The van der Waals surface area contributed by atoms with Gasteiger partial charge in [0.15, 0.2) is 0 Å². The summed E-state index contributed by atoms with van der Waals surface area (Å²) in [6.07, 6.45) is 7.79. The first-order valence-electron chi connectivity index (χ1n) is 7.20. The molecule has 1 aliphatic carbocycles. The SMILES string of the molecule is CCCc1nc(C2CCCS2)sc1CNC1CC1. The number of nitrogens with zero attached hydrogens (tertiary/aromatic N) is 1. The van der Waals surface area contributed by atoms with E-state index in [-0.39, 0.29) is 0 Å². The fourth-order valence-electron chi connectivity index (χ4n) is 2.41. The first-order chi connectivity index (χ1) is 8.86. The molecular weight excluding hydrogens is 260 g/mol. The van der Waals surface area contributed by atoms with E-state index in [4.69, 9.17) is 4.98 Å². The van der Waals surface area contributed by atoms with E-state index in [9.17, 15) is 0 Å². The minimum absolute atomic E-state index is 0.695. The molecule has 0 spiro atoms. The fourth-order valence-corrected chi connectivity index (χ4v) is 4.98. The zero-order valence-electron chi connectivity index (χ0n) is 11.1. The second-order valence-corrected chi connectivity index (χ2v) is 7.75. The minimum Gasteiger partial charge on any atom is -0.309 e. The Bertz CT molecular complexity index is 392. The van der Waals surface area contributed by atoms with Crippen molar-refractivity contribution < 1.29 is 0 Å². The highest BCUT2D eigenvalue weighted by molar-refractivity contribution is 7.99. The van der Waals surface area contributed by atoms with Crippen molar-refractivity contribution in [1.82, 2.24) is 10.3 Å². The van der Waals surface area contributed by atoms with Crippen LogP contribution in [0.5, 0.6) is 0 Å². The van der Waals surface area contributed by atoms with Gasteiger partial charge in [0.05, 0.1) is 10.9 Å². The summed E-state index contributed by atoms with van der Waals surface area (Å²) in [6, 6.07) is 0.797. The Balaban J connectivity index is 1.71. The van der Waals surface area contributed by atoms with Gasteiger partial charge in [0.2, 0.25) is 0 Å². The highest BCUT2D eigenvalue weighted by Crippen LogP contribution is 2.42. The third-order valence-corrected chi connectivity index (χ3v) is 6.36. The molecule has 1 atom stereocenters. The maximum atomic E-state index is 4.94. The molecule has 1 aromatic rings. The van der Waals surface area contributed by atoms with Crippen LogP contribution in [0.3, 0.4) is 0 Å². The van der Waals surface area contributed by atoms with Gasteiger partial charge < -0.3 is 5.32 Å². The summed E-state index contributed by atoms with van der Waals surface area (Å²) in [6.45, 7) is 3.30. The Hall–Kier alpha value is -0.0600. The van der Waals surface area contributed by atoms with E-state index in [1.54, 1.807) is 0 Å². The summed E-state index contributed by atoms with van der Waals surface area (Å²) in [7, 11) is 0. The van der Waals surface area contributed by atoms with Gasteiger partial charge in [0, 0.05) is 17.5 Å². The molecule has 1 saturated heterocycles. The van der Waals surface area contributed by atoms with E-state index in [2.05, 4.69) is 24.0 Å². The standard InChI is InChI=1S/C14H22N2S2/c1-2-4-11-13(9-15-10-6-7-10)18-14(16-11)12-5-3-8-17-12/h10,12,15H,2-9H2,1H3. The molecule has 4 heteroatoms. The smallest absolute Gasteiger partial charge is 0.106 e. The number of thiazole rings is 1. The number of rotatable bonds is 6. The van der Waals surface area contributed by atoms with Crippen LogP contribution in [0.2, 0.25) is 0 Å². The molecule has 2 fully saturated rings. The lowest BCUT2D eigenvalue weighted by molar-refractivity contribution is 0.686. The summed E-state index contributed by atoms with van der Waals surface area (Å²) in [5.74, 6) is 1.32. The Morgan fingerprint density at radius 1 is 1.33 bits per heavy atom. The van der Waals surface area contributed by atoms with Crippen LogP contribution in [0.1, 0.15) is 59.9 Å². The molecule has 0 radical (unpaired) electrons. The predicted octanol–water partition coefficient (Wildman–Crippen LogP) is 3.92.